The summed E-state index contributed by atoms with van der Waals surface area (Å²) in [6, 6.07) is 0. The van der Waals surface area contributed by atoms with E-state index in [-0.39, 0.29) is 30.8 Å². The third-order valence-corrected chi connectivity index (χ3v) is 3.00. The number of esters is 1. The fraction of sp³-hybridized carbons (Fsp3) is 0.857. The highest BCUT2D eigenvalue weighted by Crippen LogP contribution is 2.13. The predicted molar refractivity (Wildman–Crippen MR) is 71.7 cm³/mol. The van der Waals surface area contributed by atoms with Crippen molar-refractivity contribution in [1.29, 1.82) is 0 Å². The van der Waals surface area contributed by atoms with Gasteiger partial charge in [-0.15, -0.1) is 0 Å². The minimum absolute atomic E-state index is 0.0845. The summed E-state index contributed by atoms with van der Waals surface area (Å²) in [5, 5.41) is 17.4. The summed E-state index contributed by atoms with van der Waals surface area (Å²) in [5.41, 5.74) is 0. The molecule has 2 atom stereocenters. The maximum atomic E-state index is 11.6. The van der Waals surface area contributed by atoms with Crippen molar-refractivity contribution in [3.05, 3.63) is 0 Å². The topological polar surface area (TPSA) is 83.8 Å². The molecule has 0 rings (SSSR count). The Morgan fingerprint density at radius 1 is 1.11 bits per heavy atom. The molecule has 5 heteroatoms. The maximum absolute atomic E-state index is 11.6. The maximum Gasteiger partial charge on any atom is 0.308 e. The van der Waals surface area contributed by atoms with E-state index in [1.165, 1.54) is 0 Å². The zero-order valence-corrected chi connectivity index (χ0v) is 11.9. The van der Waals surface area contributed by atoms with Crippen molar-refractivity contribution in [2.24, 2.45) is 11.8 Å². The second-order valence-electron chi connectivity index (χ2n) is 5.15. The SMILES string of the molecule is CC(CO)CC(C)C(=O)OCCCCCCC(=O)O. The summed E-state index contributed by atoms with van der Waals surface area (Å²) in [7, 11) is 0. The summed E-state index contributed by atoms with van der Waals surface area (Å²) in [6.45, 7) is 4.18. The highest BCUT2D eigenvalue weighted by molar-refractivity contribution is 5.71. The van der Waals surface area contributed by atoms with Gasteiger partial charge in [0.15, 0.2) is 0 Å². The van der Waals surface area contributed by atoms with E-state index in [1.54, 1.807) is 6.92 Å². The van der Waals surface area contributed by atoms with E-state index in [4.69, 9.17) is 14.9 Å². The van der Waals surface area contributed by atoms with Crippen LogP contribution in [0.15, 0.2) is 0 Å². The van der Waals surface area contributed by atoms with Crippen molar-refractivity contribution in [2.75, 3.05) is 13.2 Å². The van der Waals surface area contributed by atoms with Crippen LogP contribution < -0.4 is 0 Å². The molecule has 0 fully saturated rings. The second-order valence-corrected chi connectivity index (χ2v) is 5.15. The number of ether oxygens (including phenoxy) is 1. The second kappa shape index (κ2) is 10.8. The van der Waals surface area contributed by atoms with Gasteiger partial charge in [-0.1, -0.05) is 26.7 Å². The Morgan fingerprint density at radius 3 is 2.32 bits per heavy atom. The summed E-state index contributed by atoms with van der Waals surface area (Å²) in [4.78, 5) is 21.9. The van der Waals surface area contributed by atoms with Gasteiger partial charge in [0.1, 0.15) is 0 Å². The molecular weight excluding hydrogens is 248 g/mol. The van der Waals surface area contributed by atoms with Crippen molar-refractivity contribution in [3.8, 4) is 0 Å². The van der Waals surface area contributed by atoms with E-state index in [1.807, 2.05) is 6.92 Å². The molecule has 5 nitrogen and oxygen atoms in total. The average Bonchev–Trinajstić information content (AvgIpc) is 2.36. The number of carbonyl (C=O) groups is 2. The monoisotopic (exact) mass is 274 g/mol. The van der Waals surface area contributed by atoms with Crippen LogP contribution in [0.5, 0.6) is 0 Å². The average molecular weight is 274 g/mol. The van der Waals surface area contributed by atoms with Gasteiger partial charge in [-0.3, -0.25) is 9.59 Å². The minimum atomic E-state index is -0.766. The van der Waals surface area contributed by atoms with Gasteiger partial charge >= 0.3 is 11.9 Å². The number of rotatable bonds is 11. The molecule has 0 bridgehead atoms. The van der Waals surface area contributed by atoms with Crippen molar-refractivity contribution in [1.82, 2.24) is 0 Å². The van der Waals surface area contributed by atoms with Crippen molar-refractivity contribution < 1.29 is 24.5 Å². The smallest absolute Gasteiger partial charge is 0.308 e. The van der Waals surface area contributed by atoms with Gasteiger partial charge in [0, 0.05) is 13.0 Å². The number of carbonyl (C=O) groups excluding carboxylic acids is 1. The van der Waals surface area contributed by atoms with Crippen LogP contribution in [0, 0.1) is 11.8 Å². The number of unbranched alkanes of at least 4 members (excludes halogenated alkanes) is 3. The molecule has 0 aliphatic rings. The van der Waals surface area contributed by atoms with Crippen LogP contribution in [0.2, 0.25) is 0 Å². The van der Waals surface area contributed by atoms with Crippen molar-refractivity contribution in [2.45, 2.75) is 52.4 Å². The van der Waals surface area contributed by atoms with Gasteiger partial charge in [-0.25, -0.2) is 0 Å². The molecule has 0 aromatic carbocycles. The summed E-state index contributed by atoms with van der Waals surface area (Å²) < 4.78 is 5.14. The molecule has 0 aliphatic heterocycles. The van der Waals surface area contributed by atoms with Gasteiger partial charge in [0.2, 0.25) is 0 Å². The highest BCUT2D eigenvalue weighted by atomic mass is 16.5. The fourth-order valence-electron chi connectivity index (χ4n) is 1.82. The lowest BCUT2D eigenvalue weighted by molar-refractivity contribution is -0.148. The Hall–Kier alpha value is -1.10. The van der Waals surface area contributed by atoms with Gasteiger partial charge in [-0.05, 0) is 25.2 Å². The zero-order chi connectivity index (χ0) is 14.7. The van der Waals surface area contributed by atoms with Crippen LogP contribution in [0.4, 0.5) is 0 Å². The Kier molecular flexibility index (Phi) is 10.2. The number of hydrogen-bond donors (Lipinski definition) is 2. The Bertz CT molecular complexity index is 265. The van der Waals surface area contributed by atoms with E-state index in [9.17, 15) is 9.59 Å². The zero-order valence-electron chi connectivity index (χ0n) is 11.9. The first-order valence-corrected chi connectivity index (χ1v) is 6.96. The van der Waals surface area contributed by atoms with E-state index < -0.39 is 5.97 Å². The largest absolute Gasteiger partial charge is 0.481 e. The summed E-state index contributed by atoms with van der Waals surface area (Å²) in [5.74, 6) is -1.06. The summed E-state index contributed by atoms with van der Waals surface area (Å²) >= 11 is 0. The standard InChI is InChI=1S/C14H26O5/c1-11(10-15)9-12(2)14(18)19-8-6-4-3-5-7-13(16)17/h11-12,15H,3-10H2,1-2H3,(H,16,17). The first kappa shape index (κ1) is 17.9. The molecule has 112 valence electrons. The first-order valence-electron chi connectivity index (χ1n) is 6.96. The van der Waals surface area contributed by atoms with Crippen LogP contribution in [0.3, 0.4) is 0 Å². The molecule has 0 heterocycles. The molecular formula is C14H26O5. The van der Waals surface area contributed by atoms with Crippen LogP contribution >= 0.6 is 0 Å². The molecule has 0 aromatic rings. The number of hydrogen-bond acceptors (Lipinski definition) is 4. The Balaban J connectivity index is 3.50. The molecule has 0 amide bonds. The fourth-order valence-corrected chi connectivity index (χ4v) is 1.82. The van der Waals surface area contributed by atoms with E-state index in [0.717, 1.165) is 19.3 Å². The van der Waals surface area contributed by atoms with Gasteiger partial charge < -0.3 is 14.9 Å². The lowest BCUT2D eigenvalue weighted by atomic mass is 9.98. The molecule has 2 unspecified atom stereocenters. The third-order valence-electron chi connectivity index (χ3n) is 3.00. The van der Waals surface area contributed by atoms with Gasteiger partial charge in [0.05, 0.1) is 12.5 Å². The normalized spacial score (nSPS) is 13.8. The molecule has 2 N–H and O–H groups in total. The molecule has 0 saturated carbocycles. The Labute approximate surface area is 115 Å². The van der Waals surface area contributed by atoms with E-state index in [2.05, 4.69) is 0 Å². The van der Waals surface area contributed by atoms with E-state index >= 15 is 0 Å². The predicted octanol–water partition coefficient (Wildman–Crippen LogP) is 2.22. The highest BCUT2D eigenvalue weighted by Gasteiger charge is 2.17. The number of aliphatic carboxylic acids is 1. The van der Waals surface area contributed by atoms with Gasteiger partial charge in [-0.2, -0.15) is 0 Å². The van der Waals surface area contributed by atoms with Crippen LogP contribution in [-0.4, -0.2) is 35.4 Å². The minimum Gasteiger partial charge on any atom is -0.481 e. The van der Waals surface area contributed by atoms with Crippen molar-refractivity contribution in [3.63, 3.8) is 0 Å². The Morgan fingerprint density at radius 2 is 1.74 bits per heavy atom. The number of carboxylic acid groups (broad SMARTS) is 1. The summed E-state index contributed by atoms with van der Waals surface area (Å²) in [6.07, 6.45) is 4.01. The molecule has 0 aromatic heterocycles. The first-order chi connectivity index (χ1) is 8.97. The number of aliphatic hydroxyl groups excluding tert-OH is 1. The molecule has 0 radical (unpaired) electrons. The van der Waals surface area contributed by atoms with Crippen LogP contribution in [-0.2, 0) is 14.3 Å². The third kappa shape index (κ3) is 10.5. The molecule has 0 spiro atoms. The van der Waals surface area contributed by atoms with Gasteiger partial charge in [0.25, 0.3) is 0 Å². The van der Waals surface area contributed by atoms with Crippen LogP contribution in [0.25, 0.3) is 0 Å². The quantitative estimate of drug-likeness (QED) is 0.446. The lowest BCUT2D eigenvalue weighted by Gasteiger charge is -2.14. The lowest BCUT2D eigenvalue weighted by Crippen LogP contribution is -2.19. The van der Waals surface area contributed by atoms with E-state index in [0.29, 0.717) is 19.4 Å². The number of carboxylic acids is 1. The molecule has 19 heavy (non-hydrogen) atoms. The van der Waals surface area contributed by atoms with Crippen molar-refractivity contribution >= 4 is 11.9 Å². The van der Waals surface area contributed by atoms with Crippen LogP contribution in [0.1, 0.15) is 52.4 Å². The number of aliphatic hydroxyl groups is 1. The molecule has 0 saturated heterocycles. The molecule has 0 aliphatic carbocycles.